The highest BCUT2D eigenvalue weighted by molar-refractivity contribution is 7.07. The highest BCUT2D eigenvalue weighted by Crippen LogP contribution is 2.00. The van der Waals surface area contributed by atoms with Gasteiger partial charge in [0.2, 0.25) is 0 Å². The van der Waals surface area contributed by atoms with Crippen LogP contribution in [0, 0.1) is 12.3 Å². The predicted molar refractivity (Wildman–Crippen MR) is 57.1 cm³/mol. The second-order valence-corrected chi connectivity index (χ2v) is 3.51. The maximum Gasteiger partial charge on any atom is 0.270 e. The normalized spacial score (nSPS) is 9.36. The van der Waals surface area contributed by atoms with Crippen LogP contribution in [0.25, 0.3) is 0 Å². The van der Waals surface area contributed by atoms with Crippen LogP contribution in [0.15, 0.2) is 10.9 Å². The van der Waals surface area contributed by atoms with Crippen LogP contribution in [0.5, 0.6) is 0 Å². The topological polar surface area (TPSA) is 42.0 Å². The van der Waals surface area contributed by atoms with Crippen molar-refractivity contribution in [1.82, 2.24) is 10.3 Å². The average molecular weight is 208 g/mol. The molecule has 1 aromatic heterocycles. The number of thiazole rings is 1. The molecule has 4 heteroatoms. The van der Waals surface area contributed by atoms with E-state index in [2.05, 4.69) is 16.2 Å². The Morgan fingerprint density at radius 1 is 1.64 bits per heavy atom. The third-order valence-electron chi connectivity index (χ3n) is 1.70. The standard InChI is InChI=1S/C10H12N2OS/c1-2-3-4-5-6-11-10(13)9-7-14-8-12-9/h1,7-8H,3-6H2,(H,11,13). The lowest BCUT2D eigenvalue weighted by Crippen LogP contribution is -2.24. The van der Waals surface area contributed by atoms with Crippen molar-refractivity contribution < 1.29 is 4.79 Å². The molecule has 0 aliphatic rings. The van der Waals surface area contributed by atoms with Gasteiger partial charge in [0, 0.05) is 18.3 Å². The van der Waals surface area contributed by atoms with E-state index in [0.29, 0.717) is 12.2 Å². The minimum atomic E-state index is -0.105. The number of nitrogens with zero attached hydrogens (tertiary/aromatic N) is 1. The van der Waals surface area contributed by atoms with Crippen LogP contribution in [-0.4, -0.2) is 17.4 Å². The lowest BCUT2D eigenvalue weighted by Gasteiger charge is -2.00. The van der Waals surface area contributed by atoms with E-state index in [1.165, 1.54) is 11.3 Å². The van der Waals surface area contributed by atoms with Gasteiger partial charge in [0.25, 0.3) is 5.91 Å². The SMILES string of the molecule is C#CCCCCNC(=O)c1cscn1. The first-order valence-electron chi connectivity index (χ1n) is 4.44. The molecule has 1 heterocycles. The molecule has 14 heavy (non-hydrogen) atoms. The molecule has 1 N–H and O–H groups in total. The van der Waals surface area contributed by atoms with E-state index in [4.69, 9.17) is 6.42 Å². The van der Waals surface area contributed by atoms with Crippen LogP contribution in [-0.2, 0) is 0 Å². The van der Waals surface area contributed by atoms with Gasteiger partial charge in [0.15, 0.2) is 0 Å². The van der Waals surface area contributed by atoms with Gasteiger partial charge >= 0.3 is 0 Å². The van der Waals surface area contributed by atoms with Gasteiger partial charge in [-0.05, 0) is 12.8 Å². The maximum absolute atomic E-state index is 11.3. The van der Waals surface area contributed by atoms with Crippen LogP contribution >= 0.6 is 11.3 Å². The van der Waals surface area contributed by atoms with Crippen molar-refractivity contribution in [3.8, 4) is 12.3 Å². The maximum atomic E-state index is 11.3. The highest BCUT2D eigenvalue weighted by atomic mass is 32.1. The van der Waals surface area contributed by atoms with E-state index in [1.54, 1.807) is 10.9 Å². The van der Waals surface area contributed by atoms with Crippen LogP contribution in [0.3, 0.4) is 0 Å². The Balaban J connectivity index is 2.14. The molecule has 0 bridgehead atoms. The number of amides is 1. The molecule has 0 unspecified atom stereocenters. The van der Waals surface area contributed by atoms with Gasteiger partial charge in [0.1, 0.15) is 5.69 Å². The molecule has 0 aliphatic heterocycles. The summed E-state index contributed by atoms with van der Waals surface area (Å²) in [5.74, 6) is 2.46. The summed E-state index contributed by atoms with van der Waals surface area (Å²) >= 11 is 1.42. The van der Waals surface area contributed by atoms with Crippen molar-refractivity contribution in [2.45, 2.75) is 19.3 Å². The van der Waals surface area contributed by atoms with E-state index in [-0.39, 0.29) is 5.91 Å². The molecular formula is C10H12N2OS. The summed E-state index contributed by atoms with van der Waals surface area (Å²) in [6.45, 7) is 0.665. The molecule has 74 valence electrons. The number of nitrogens with one attached hydrogen (secondary N) is 1. The Bertz CT molecular complexity index is 313. The first-order chi connectivity index (χ1) is 6.84. The van der Waals surface area contributed by atoms with E-state index in [1.807, 2.05) is 0 Å². The Kier molecular flexibility index (Phi) is 4.73. The van der Waals surface area contributed by atoms with Gasteiger partial charge in [-0.25, -0.2) is 4.98 Å². The second-order valence-electron chi connectivity index (χ2n) is 2.79. The fourth-order valence-corrected chi connectivity index (χ4v) is 1.50. The van der Waals surface area contributed by atoms with E-state index in [9.17, 15) is 4.79 Å². The number of hydrogen-bond acceptors (Lipinski definition) is 3. The Morgan fingerprint density at radius 3 is 3.14 bits per heavy atom. The van der Waals surface area contributed by atoms with Gasteiger partial charge in [-0.2, -0.15) is 0 Å². The van der Waals surface area contributed by atoms with Gasteiger partial charge < -0.3 is 5.32 Å². The summed E-state index contributed by atoms with van der Waals surface area (Å²) < 4.78 is 0. The predicted octanol–water partition coefficient (Wildman–Crippen LogP) is 1.68. The van der Waals surface area contributed by atoms with E-state index >= 15 is 0 Å². The molecular weight excluding hydrogens is 196 g/mol. The Labute approximate surface area is 87.6 Å². The smallest absolute Gasteiger partial charge is 0.270 e. The van der Waals surface area contributed by atoms with E-state index in [0.717, 1.165) is 19.3 Å². The number of aromatic nitrogens is 1. The summed E-state index contributed by atoms with van der Waals surface area (Å²) in [6.07, 6.45) is 7.74. The molecule has 0 aromatic carbocycles. The largest absolute Gasteiger partial charge is 0.351 e. The monoisotopic (exact) mass is 208 g/mol. The minimum absolute atomic E-state index is 0.105. The average Bonchev–Trinajstić information content (AvgIpc) is 2.70. The number of carbonyl (C=O) groups is 1. The molecule has 0 spiro atoms. The lowest BCUT2D eigenvalue weighted by atomic mass is 10.2. The van der Waals surface area contributed by atoms with Crippen molar-refractivity contribution in [2.75, 3.05) is 6.54 Å². The summed E-state index contributed by atoms with van der Waals surface area (Å²) in [4.78, 5) is 15.2. The molecule has 1 amide bonds. The number of unbranched alkanes of at least 4 members (excludes halogenated alkanes) is 2. The Morgan fingerprint density at radius 2 is 2.50 bits per heavy atom. The molecule has 0 aliphatic carbocycles. The van der Waals surface area contributed by atoms with Crippen molar-refractivity contribution in [3.05, 3.63) is 16.6 Å². The lowest BCUT2D eigenvalue weighted by molar-refractivity contribution is 0.0949. The number of rotatable bonds is 5. The van der Waals surface area contributed by atoms with Crippen molar-refractivity contribution in [3.63, 3.8) is 0 Å². The quantitative estimate of drug-likeness (QED) is 0.591. The van der Waals surface area contributed by atoms with Gasteiger partial charge in [-0.1, -0.05) is 0 Å². The molecule has 0 atom stereocenters. The zero-order valence-electron chi connectivity index (χ0n) is 7.82. The molecule has 0 radical (unpaired) electrons. The minimum Gasteiger partial charge on any atom is -0.351 e. The first kappa shape index (κ1) is 10.7. The third kappa shape index (κ3) is 3.58. The molecule has 0 fully saturated rings. The van der Waals surface area contributed by atoms with E-state index < -0.39 is 0 Å². The molecule has 1 rings (SSSR count). The Hall–Kier alpha value is -1.34. The number of terminal acetylenes is 1. The molecule has 1 aromatic rings. The summed E-state index contributed by atoms with van der Waals surface area (Å²) in [6, 6.07) is 0. The first-order valence-corrected chi connectivity index (χ1v) is 5.38. The number of carbonyl (C=O) groups excluding carboxylic acids is 1. The van der Waals surface area contributed by atoms with Crippen molar-refractivity contribution in [1.29, 1.82) is 0 Å². The fraction of sp³-hybridized carbons (Fsp3) is 0.400. The van der Waals surface area contributed by atoms with Crippen molar-refractivity contribution >= 4 is 17.2 Å². The second kappa shape index (κ2) is 6.17. The van der Waals surface area contributed by atoms with Crippen molar-refractivity contribution in [2.24, 2.45) is 0 Å². The summed E-state index contributed by atoms with van der Waals surface area (Å²) in [5.41, 5.74) is 2.14. The zero-order chi connectivity index (χ0) is 10.2. The zero-order valence-corrected chi connectivity index (χ0v) is 8.64. The van der Waals surface area contributed by atoms with Crippen LogP contribution in [0.4, 0.5) is 0 Å². The van der Waals surface area contributed by atoms with Gasteiger partial charge in [-0.3, -0.25) is 4.79 Å². The highest BCUT2D eigenvalue weighted by Gasteiger charge is 2.05. The molecule has 0 saturated carbocycles. The fourth-order valence-electron chi connectivity index (χ4n) is 0.969. The molecule has 0 saturated heterocycles. The van der Waals surface area contributed by atoms with Gasteiger partial charge in [-0.15, -0.1) is 23.7 Å². The van der Waals surface area contributed by atoms with Crippen LogP contribution in [0.2, 0.25) is 0 Å². The third-order valence-corrected chi connectivity index (χ3v) is 2.28. The van der Waals surface area contributed by atoms with Crippen LogP contribution < -0.4 is 5.32 Å². The summed E-state index contributed by atoms with van der Waals surface area (Å²) in [7, 11) is 0. The van der Waals surface area contributed by atoms with Gasteiger partial charge in [0.05, 0.1) is 5.51 Å². The molecule has 3 nitrogen and oxygen atoms in total. The van der Waals surface area contributed by atoms with Crippen LogP contribution in [0.1, 0.15) is 29.8 Å². The summed E-state index contributed by atoms with van der Waals surface area (Å²) in [5, 5.41) is 4.51. The number of hydrogen-bond donors (Lipinski definition) is 1.